The summed E-state index contributed by atoms with van der Waals surface area (Å²) in [4.78, 5) is 13.0. The van der Waals surface area contributed by atoms with Crippen LogP contribution in [-0.2, 0) is 11.3 Å². The molecule has 0 radical (unpaired) electrons. The highest BCUT2D eigenvalue weighted by Crippen LogP contribution is 2.29. The minimum absolute atomic E-state index is 0.0686. The minimum Gasteiger partial charge on any atom is -0.368 e. The van der Waals surface area contributed by atoms with Gasteiger partial charge in [-0.1, -0.05) is 0 Å². The standard InChI is InChI=1S/C14H18BrN5O/c1-2-20-6-5-16-13(20)12-11(4-3-7-21-12)19-14-17-8-10(15)9-18-14/h5-6,8-9,11-12H,2-4,7H2,1H3,(H,17,18,19)/t11-,12-/m0/s1. The molecule has 1 saturated heterocycles. The molecule has 0 saturated carbocycles. The van der Waals surface area contributed by atoms with E-state index in [0.717, 1.165) is 36.3 Å². The summed E-state index contributed by atoms with van der Waals surface area (Å²) in [6.07, 6.45) is 9.26. The van der Waals surface area contributed by atoms with Gasteiger partial charge in [-0.3, -0.25) is 0 Å². The zero-order valence-electron chi connectivity index (χ0n) is 11.9. The smallest absolute Gasteiger partial charge is 0.222 e. The van der Waals surface area contributed by atoms with Crippen molar-refractivity contribution in [2.24, 2.45) is 0 Å². The maximum Gasteiger partial charge on any atom is 0.222 e. The van der Waals surface area contributed by atoms with E-state index in [1.165, 1.54) is 0 Å². The number of hydrogen-bond acceptors (Lipinski definition) is 5. The molecule has 2 aromatic heterocycles. The molecule has 0 aromatic carbocycles. The first-order chi connectivity index (χ1) is 10.3. The van der Waals surface area contributed by atoms with Gasteiger partial charge in [-0.05, 0) is 35.7 Å². The highest BCUT2D eigenvalue weighted by Gasteiger charge is 2.31. The molecule has 2 aromatic rings. The largest absolute Gasteiger partial charge is 0.368 e. The molecule has 6 nitrogen and oxygen atoms in total. The van der Waals surface area contributed by atoms with Gasteiger partial charge in [-0.15, -0.1) is 0 Å². The molecule has 1 aliphatic heterocycles. The van der Waals surface area contributed by atoms with E-state index >= 15 is 0 Å². The van der Waals surface area contributed by atoms with Crippen LogP contribution in [0.1, 0.15) is 31.7 Å². The summed E-state index contributed by atoms with van der Waals surface area (Å²) in [5.74, 6) is 1.58. The summed E-state index contributed by atoms with van der Waals surface area (Å²) in [5.41, 5.74) is 0. The Kier molecular flexibility index (Phi) is 4.50. The normalized spacial score (nSPS) is 22.2. The minimum atomic E-state index is -0.0686. The Bertz CT molecular complexity index is 585. The molecule has 21 heavy (non-hydrogen) atoms. The second-order valence-corrected chi connectivity index (χ2v) is 5.90. The predicted octanol–water partition coefficient (Wildman–Crippen LogP) is 2.79. The Morgan fingerprint density at radius 3 is 2.95 bits per heavy atom. The highest BCUT2D eigenvalue weighted by atomic mass is 79.9. The van der Waals surface area contributed by atoms with Gasteiger partial charge in [-0.25, -0.2) is 15.0 Å². The Morgan fingerprint density at radius 2 is 2.19 bits per heavy atom. The van der Waals surface area contributed by atoms with Crippen LogP contribution in [0, 0.1) is 0 Å². The summed E-state index contributed by atoms with van der Waals surface area (Å²) >= 11 is 3.34. The molecule has 1 fully saturated rings. The Morgan fingerprint density at radius 1 is 1.38 bits per heavy atom. The maximum absolute atomic E-state index is 5.96. The molecule has 3 heterocycles. The first-order valence-corrected chi connectivity index (χ1v) is 7.94. The van der Waals surface area contributed by atoms with Crippen LogP contribution in [0.2, 0.25) is 0 Å². The van der Waals surface area contributed by atoms with Gasteiger partial charge in [0, 0.05) is 37.9 Å². The third kappa shape index (κ3) is 3.24. The topological polar surface area (TPSA) is 64.9 Å². The van der Waals surface area contributed by atoms with Gasteiger partial charge < -0.3 is 14.6 Å². The van der Waals surface area contributed by atoms with Crippen molar-refractivity contribution in [1.82, 2.24) is 19.5 Å². The van der Waals surface area contributed by atoms with Crippen molar-refractivity contribution in [2.75, 3.05) is 11.9 Å². The van der Waals surface area contributed by atoms with Crippen molar-refractivity contribution < 1.29 is 4.74 Å². The number of ether oxygens (including phenoxy) is 1. The quantitative estimate of drug-likeness (QED) is 0.917. The van der Waals surface area contributed by atoms with E-state index in [1.807, 2.05) is 12.4 Å². The van der Waals surface area contributed by atoms with E-state index in [0.29, 0.717) is 5.95 Å². The number of aromatic nitrogens is 4. The number of rotatable bonds is 4. The van der Waals surface area contributed by atoms with Crippen LogP contribution in [0.25, 0.3) is 0 Å². The van der Waals surface area contributed by atoms with E-state index in [9.17, 15) is 0 Å². The maximum atomic E-state index is 5.96. The molecule has 0 aliphatic carbocycles. The number of anilines is 1. The molecule has 1 N–H and O–H groups in total. The molecular formula is C14H18BrN5O. The van der Waals surface area contributed by atoms with Gasteiger partial charge >= 0.3 is 0 Å². The summed E-state index contributed by atoms with van der Waals surface area (Å²) in [6, 6.07) is 0.132. The van der Waals surface area contributed by atoms with Crippen LogP contribution in [0.5, 0.6) is 0 Å². The molecule has 3 rings (SSSR count). The number of hydrogen-bond donors (Lipinski definition) is 1. The first kappa shape index (κ1) is 14.5. The van der Waals surface area contributed by atoms with Crippen molar-refractivity contribution >= 4 is 21.9 Å². The molecule has 7 heteroatoms. The van der Waals surface area contributed by atoms with E-state index in [4.69, 9.17) is 4.74 Å². The first-order valence-electron chi connectivity index (χ1n) is 7.14. The van der Waals surface area contributed by atoms with Gasteiger partial charge in [0.05, 0.1) is 10.5 Å². The Balaban J connectivity index is 1.79. The van der Waals surface area contributed by atoms with Crippen LogP contribution in [0.15, 0.2) is 29.3 Å². The van der Waals surface area contributed by atoms with Gasteiger partial charge in [0.2, 0.25) is 5.95 Å². The molecule has 0 amide bonds. The fourth-order valence-corrected chi connectivity index (χ4v) is 2.79. The second kappa shape index (κ2) is 6.53. The van der Waals surface area contributed by atoms with Crippen molar-refractivity contribution in [1.29, 1.82) is 0 Å². The van der Waals surface area contributed by atoms with Crippen molar-refractivity contribution in [3.05, 3.63) is 35.1 Å². The predicted molar refractivity (Wildman–Crippen MR) is 83.0 cm³/mol. The zero-order valence-corrected chi connectivity index (χ0v) is 13.5. The zero-order chi connectivity index (χ0) is 14.7. The fourth-order valence-electron chi connectivity index (χ4n) is 2.58. The van der Waals surface area contributed by atoms with Crippen LogP contribution < -0.4 is 5.32 Å². The van der Waals surface area contributed by atoms with Crippen molar-refractivity contribution in [3.8, 4) is 0 Å². The van der Waals surface area contributed by atoms with Gasteiger partial charge in [0.15, 0.2) is 0 Å². The number of nitrogens with one attached hydrogen (secondary N) is 1. The molecular weight excluding hydrogens is 334 g/mol. The lowest BCUT2D eigenvalue weighted by molar-refractivity contribution is -0.00188. The Hall–Kier alpha value is -1.47. The fraction of sp³-hybridized carbons (Fsp3) is 0.500. The van der Waals surface area contributed by atoms with Gasteiger partial charge in [0.1, 0.15) is 11.9 Å². The number of nitrogens with zero attached hydrogens (tertiary/aromatic N) is 4. The third-order valence-corrected chi connectivity index (χ3v) is 4.01. The second-order valence-electron chi connectivity index (χ2n) is 4.98. The van der Waals surface area contributed by atoms with Crippen LogP contribution in [0.3, 0.4) is 0 Å². The summed E-state index contributed by atoms with van der Waals surface area (Å²) < 4.78 is 8.95. The lowest BCUT2D eigenvalue weighted by atomic mass is 10.0. The van der Waals surface area contributed by atoms with Crippen molar-refractivity contribution in [2.45, 2.75) is 38.5 Å². The molecule has 0 unspecified atom stereocenters. The Labute approximate surface area is 132 Å². The lowest BCUT2D eigenvalue weighted by Crippen LogP contribution is -2.35. The molecule has 112 valence electrons. The van der Waals surface area contributed by atoms with Crippen LogP contribution in [0.4, 0.5) is 5.95 Å². The monoisotopic (exact) mass is 351 g/mol. The van der Waals surface area contributed by atoms with E-state index in [1.54, 1.807) is 12.4 Å². The van der Waals surface area contributed by atoms with Gasteiger partial charge in [0.25, 0.3) is 0 Å². The number of halogens is 1. The molecule has 0 bridgehead atoms. The summed E-state index contributed by atoms with van der Waals surface area (Å²) in [6.45, 7) is 3.76. The number of imidazole rings is 1. The average molecular weight is 352 g/mol. The molecule has 1 aliphatic rings. The van der Waals surface area contributed by atoms with E-state index in [2.05, 4.69) is 47.7 Å². The molecule has 2 atom stereocenters. The van der Waals surface area contributed by atoms with Crippen LogP contribution >= 0.6 is 15.9 Å². The van der Waals surface area contributed by atoms with Gasteiger partial charge in [-0.2, -0.15) is 0 Å². The number of aryl methyl sites for hydroxylation is 1. The van der Waals surface area contributed by atoms with E-state index in [-0.39, 0.29) is 12.1 Å². The lowest BCUT2D eigenvalue weighted by Gasteiger charge is -2.32. The van der Waals surface area contributed by atoms with E-state index < -0.39 is 0 Å². The van der Waals surface area contributed by atoms with Crippen LogP contribution in [-0.4, -0.2) is 32.2 Å². The average Bonchev–Trinajstić information content (AvgIpc) is 2.98. The SMILES string of the molecule is CCn1ccnc1[C@H]1OCCC[C@@H]1Nc1ncc(Br)cn1. The summed E-state index contributed by atoms with van der Waals surface area (Å²) in [5, 5.41) is 3.38. The molecule has 0 spiro atoms. The summed E-state index contributed by atoms with van der Waals surface area (Å²) in [7, 11) is 0. The third-order valence-electron chi connectivity index (χ3n) is 3.60. The van der Waals surface area contributed by atoms with Crippen molar-refractivity contribution in [3.63, 3.8) is 0 Å². The highest BCUT2D eigenvalue weighted by molar-refractivity contribution is 9.10.